The maximum Gasteiger partial charge on any atom is 0.319 e. The highest BCUT2D eigenvalue weighted by Crippen LogP contribution is 2.42. The number of hydrogen-bond acceptors (Lipinski definition) is 4. The fourth-order valence-electron chi connectivity index (χ4n) is 1.54. The Morgan fingerprint density at radius 1 is 1.14 bits per heavy atom. The minimum atomic E-state index is 0.398. The highest BCUT2D eigenvalue weighted by molar-refractivity contribution is 5.35. The van der Waals surface area contributed by atoms with Crippen LogP contribution < -0.4 is 9.47 Å². The fraction of sp³-hybridized carbons (Fsp3) is 0.600. The van der Waals surface area contributed by atoms with Crippen molar-refractivity contribution < 1.29 is 9.47 Å². The molecule has 0 atom stereocenters. The molecule has 1 aliphatic carbocycles. The first-order valence-electron chi connectivity index (χ1n) is 4.72. The molecule has 0 saturated heterocycles. The van der Waals surface area contributed by atoms with Crippen LogP contribution in [-0.2, 0) is 0 Å². The Morgan fingerprint density at radius 2 is 1.86 bits per heavy atom. The van der Waals surface area contributed by atoms with Gasteiger partial charge in [-0.2, -0.15) is 9.97 Å². The summed E-state index contributed by atoms with van der Waals surface area (Å²) in [6, 6.07) is 0.398. The second kappa shape index (κ2) is 3.44. The van der Waals surface area contributed by atoms with Gasteiger partial charge in [0.25, 0.3) is 0 Å². The predicted octanol–water partition coefficient (Wildman–Crippen LogP) is 1.68. The number of methoxy groups -OCH3 is 2. The van der Waals surface area contributed by atoms with Gasteiger partial charge in [-0.15, -0.1) is 0 Å². The highest BCUT2D eigenvalue weighted by atomic mass is 16.5. The zero-order valence-electron chi connectivity index (χ0n) is 8.70. The van der Waals surface area contributed by atoms with Gasteiger partial charge >= 0.3 is 6.01 Å². The molecule has 1 fully saturated rings. The van der Waals surface area contributed by atoms with Gasteiger partial charge in [-0.05, 0) is 19.8 Å². The Hall–Kier alpha value is -1.32. The van der Waals surface area contributed by atoms with Gasteiger partial charge in [-0.3, -0.25) is 0 Å². The van der Waals surface area contributed by atoms with Crippen molar-refractivity contribution in [2.45, 2.75) is 25.7 Å². The second-order valence-electron chi connectivity index (χ2n) is 3.50. The van der Waals surface area contributed by atoms with Gasteiger partial charge in [-0.25, -0.2) is 0 Å². The molecule has 1 aromatic heterocycles. The van der Waals surface area contributed by atoms with E-state index in [1.54, 1.807) is 14.2 Å². The molecular formula is C10H14N2O2. The molecule has 0 bridgehead atoms. The molecule has 1 heterocycles. The SMILES string of the molecule is COc1nc(OC)c(C)c(C2CC2)n1. The van der Waals surface area contributed by atoms with Crippen LogP contribution in [0.5, 0.6) is 11.9 Å². The second-order valence-corrected chi connectivity index (χ2v) is 3.50. The molecule has 0 amide bonds. The van der Waals surface area contributed by atoms with E-state index in [0.29, 0.717) is 17.8 Å². The van der Waals surface area contributed by atoms with Crippen molar-refractivity contribution in [3.05, 3.63) is 11.3 Å². The van der Waals surface area contributed by atoms with E-state index in [0.717, 1.165) is 11.3 Å². The molecule has 2 rings (SSSR count). The van der Waals surface area contributed by atoms with Crippen molar-refractivity contribution in [2.75, 3.05) is 14.2 Å². The van der Waals surface area contributed by atoms with Gasteiger partial charge in [0.2, 0.25) is 5.88 Å². The summed E-state index contributed by atoms with van der Waals surface area (Å²) in [4.78, 5) is 8.47. The van der Waals surface area contributed by atoms with Crippen molar-refractivity contribution in [3.63, 3.8) is 0 Å². The van der Waals surface area contributed by atoms with Crippen LogP contribution in [0.3, 0.4) is 0 Å². The minimum Gasteiger partial charge on any atom is -0.481 e. The van der Waals surface area contributed by atoms with Crippen molar-refractivity contribution >= 4 is 0 Å². The highest BCUT2D eigenvalue weighted by Gasteiger charge is 2.29. The van der Waals surface area contributed by atoms with Crippen LogP contribution in [-0.4, -0.2) is 24.2 Å². The van der Waals surface area contributed by atoms with Crippen LogP contribution in [0.15, 0.2) is 0 Å². The van der Waals surface area contributed by atoms with Crippen LogP contribution in [0.4, 0.5) is 0 Å². The molecule has 1 aliphatic rings. The lowest BCUT2D eigenvalue weighted by Gasteiger charge is -2.09. The van der Waals surface area contributed by atoms with Gasteiger partial charge in [0, 0.05) is 11.5 Å². The molecule has 0 aromatic carbocycles. The van der Waals surface area contributed by atoms with Gasteiger partial charge < -0.3 is 9.47 Å². The van der Waals surface area contributed by atoms with Gasteiger partial charge in [0.05, 0.1) is 19.9 Å². The molecule has 0 aliphatic heterocycles. The Kier molecular flexibility index (Phi) is 2.27. The van der Waals surface area contributed by atoms with Crippen LogP contribution in [0.1, 0.15) is 30.0 Å². The van der Waals surface area contributed by atoms with E-state index in [9.17, 15) is 0 Å². The van der Waals surface area contributed by atoms with E-state index in [1.165, 1.54) is 12.8 Å². The summed E-state index contributed by atoms with van der Waals surface area (Å²) in [5, 5.41) is 0. The van der Waals surface area contributed by atoms with Crippen molar-refractivity contribution in [2.24, 2.45) is 0 Å². The quantitative estimate of drug-likeness (QED) is 0.734. The zero-order chi connectivity index (χ0) is 10.1. The average Bonchev–Trinajstić information content (AvgIpc) is 3.02. The number of ether oxygens (including phenoxy) is 2. The van der Waals surface area contributed by atoms with Crippen molar-refractivity contribution in [1.82, 2.24) is 9.97 Å². The van der Waals surface area contributed by atoms with Crippen LogP contribution >= 0.6 is 0 Å². The molecule has 0 radical (unpaired) electrons. The van der Waals surface area contributed by atoms with Crippen molar-refractivity contribution in [3.8, 4) is 11.9 Å². The third-order valence-electron chi connectivity index (χ3n) is 2.46. The van der Waals surface area contributed by atoms with Crippen LogP contribution in [0.25, 0.3) is 0 Å². The van der Waals surface area contributed by atoms with E-state index in [-0.39, 0.29) is 0 Å². The van der Waals surface area contributed by atoms with Crippen LogP contribution in [0, 0.1) is 6.92 Å². The largest absolute Gasteiger partial charge is 0.481 e. The Labute approximate surface area is 83.3 Å². The van der Waals surface area contributed by atoms with Gasteiger partial charge in [0.1, 0.15) is 0 Å². The molecular weight excluding hydrogens is 180 g/mol. The first kappa shape index (κ1) is 9.24. The molecule has 1 saturated carbocycles. The summed E-state index contributed by atoms with van der Waals surface area (Å²) < 4.78 is 10.2. The number of nitrogens with zero attached hydrogens (tertiary/aromatic N) is 2. The Morgan fingerprint density at radius 3 is 2.36 bits per heavy atom. The molecule has 1 aromatic rings. The lowest BCUT2D eigenvalue weighted by atomic mass is 10.2. The van der Waals surface area contributed by atoms with E-state index >= 15 is 0 Å². The van der Waals surface area contributed by atoms with E-state index in [2.05, 4.69) is 9.97 Å². The van der Waals surface area contributed by atoms with Crippen molar-refractivity contribution in [1.29, 1.82) is 0 Å². The summed E-state index contributed by atoms with van der Waals surface area (Å²) in [5.41, 5.74) is 2.12. The third-order valence-corrected chi connectivity index (χ3v) is 2.46. The Bertz CT molecular complexity index is 348. The summed E-state index contributed by atoms with van der Waals surface area (Å²) in [6.45, 7) is 1.99. The maximum absolute atomic E-state index is 5.17. The lowest BCUT2D eigenvalue weighted by Crippen LogP contribution is -2.02. The van der Waals surface area contributed by atoms with Gasteiger partial charge in [0.15, 0.2) is 0 Å². The summed E-state index contributed by atoms with van der Waals surface area (Å²) in [5.74, 6) is 1.21. The summed E-state index contributed by atoms with van der Waals surface area (Å²) in [7, 11) is 3.19. The predicted molar refractivity (Wildman–Crippen MR) is 51.8 cm³/mol. The third kappa shape index (κ3) is 1.52. The van der Waals surface area contributed by atoms with E-state index in [4.69, 9.17) is 9.47 Å². The molecule has 76 valence electrons. The van der Waals surface area contributed by atoms with Crippen LogP contribution in [0.2, 0.25) is 0 Å². The maximum atomic E-state index is 5.17. The topological polar surface area (TPSA) is 44.2 Å². The molecule has 14 heavy (non-hydrogen) atoms. The summed E-state index contributed by atoms with van der Waals surface area (Å²) >= 11 is 0. The molecule has 4 nitrogen and oxygen atoms in total. The number of rotatable bonds is 3. The molecule has 4 heteroatoms. The Balaban J connectivity index is 2.45. The zero-order valence-corrected chi connectivity index (χ0v) is 8.70. The molecule has 0 spiro atoms. The summed E-state index contributed by atoms with van der Waals surface area (Å²) in [6.07, 6.45) is 2.42. The first-order valence-corrected chi connectivity index (χ1v) is 4.72. The van der Waals surface area contributed by atoms with E-state index in [1.807, 2.05) is 6.92 Å². The lowest BCUT2D eigenvalue weighted by molar-refractivity contribution is 0.347. The molecule has 0 N–H and O–H groups in total. The number of aromatic nitrogens is 2. The van der Waals surface area contributed by atoms with E-state index < -0.39 is 0 Å². The normalized spacial score (nSPS) is 15.4. The first-order chi connectivity index (χ1) is 6.76. The smallest absolute Gasteiger partial charge is 0.319 e. The standard InChI is InChI=1S/C10H14N2O2/c1-6-8(7-4-5-7)11-10(14-3)12-9(6)13-2/h7H,4-5H2,1-3H3. The van der Waals surface area contributed by atoms with Gasteiger partial charge in [-0.1, -0.05) is 0 Å². The fourth-order valence-corrected chi connectivity index (χ4v) is 1.54. The minimum absolute atomic E-state index is 0.398. The average molecular weight is 194 g/mol. The molecule has 0 unspecified atom stereocenters. The number of hydrogen-bond donors (Lipinski definition) is 0. The monoisotopic (exact) mass is 194 g/mol.